The van der Waals surface area contributed by atoms with E-state index in [0.29, 0.717) is 23.0 Å². The van der Waals surface area contributed by atoms with Crippen LogP contribution in [0.1, 0.15) is 107 Å². The number of benzene rings is 1. The molecule has 1 aromatic heterocycles. The van der Waals surface area contributed by atoms with Crippen molar-refractivity contribution in [2.45, 2.75) is 135 Å². The maximum Gasteiger partial charge on any atom is 0.410 e. The SMILES string of the molecule is CC1CCCC(CC(O)c2cccc3sc([Si](C(C)C)(C(C)C)C(C)C)nc23)N1C(=O)OC(C)(C)C. The van der Waals surface area contributed by atoms with Gasteiger partial charge in [0.05, 0.1) is 21.0 Å². The minimum atomic E-state index is -1.89. The average Bonchev–Trinajstić information content (AvgIpc) is 3.15. The number of carbonyl (C=O) groups is 1. The van der Waals surface area contributed by atoms with Gasteiger partial charge in [0.15, 0.2) is 0 Å². The molecule has 1 N–H and O–H groups in total. The molecule has 0 saturated carbocycles. The van der Waals surface area contributed by atoms with Gasteiger partial charge in [0, 0.05) is 17.6 Å². The van der Waals surface area contributed by atoms with Gasteiger partial charge in [-0.15, -0.1) is 11.3 Å². The van der Waals surface area contributed by atoms with E-state index in [9.17, 15) is 9.90 Å². The average molecular weight is 533 g/mol. The number of likely N-dealkylation sites (tertiary alicyclic amines) is 1. The van der Waals surface area contributed by atoms with Gasteiger partial charge in [-0.25, -0.2) is 9.78 Å². The molecule has 1 amide bonds. The largest absolute Gasteiger partial charge is 0.444 e. The number of carbonyl (C=O) groups excluding carboxylic acids is 1. The molecular formula is C29H48N2O3SSi. The van der Waals surface area contributed by atoms with Gasteiger partial charge in [0.2, 0.25) is 0 Å². The topological polar surface area (TPSA) is 62.7 Å². The highest BCUT2D eigenvalue weighted by Crippen LogP contribution is 2.43. The Kier molecular flexibility index (Phi) is 8.99. The van der Waals surface area contributed by atoms with Gasteiger partial charge in [-0.05, 0) is 76.1 Å². The van der Waals surface area contributed by atoms with E-state index >= 15 is 0 Å². The maximum absolute atomic E-state index is 13.1. The van der Waals surface area contributed by atoms with Gasteiger partial charge in [0.1, 0.15) is 13.7 Å². The first-order valence-corrected chi connectivity index (χ1v) is 16.8. The summed E-state index contributed by atoms with van der Waals surface area (Å²) in [6.07, 6.45) is 2.43. The highest BCUT2D eigenvalue weighted by molar-refractivity contribution is 7.31. The second-order valence-electron chi connectivity index (χ2n) is 12.7. The molecule has 3 atom stereocenters. The number of amides is 1. The van der Waals surface area contributed by atoms with E-state index < -0.39 is 19.8 Å². The van der Waals surface area contributed by atoms with Crippen LogP contribution in [0.3, 0.4) is 0 Å². The maximum atomic E-state index is 13.1. The number of aliphatic hydroxyl groups is 1. The van der Waals surface area contributed by atoms with E-state index in [1.807, 2.05) is 49.1 Å². The summed E-state index contributed by atoms with van der Waals surface area (Å²) in [5, 5.41) is 11.5. The number of hydrogen-bond acceptors (Lipinski definition) is 5. The minimum Gasteiger partial charge on any atom is -0.444 e. The summed E-state index contributed by atoms with van der Waals surface area (Å²) in [6.45, 7) is 22.0. The van der Waals surface area contributed by atoms with Crippen LogP contribution in [0.15, 0.2) is 18.2 Å². The summed E-state index contributed by atoms with van der Waals surface area (Å²) in [7, 11) is -1.89. The van der Waals surface area contributed by atoms with Crippen molar-refractivity contribution in [1.29, 1.82) is 0 Å². The molecule has 3 rings (SSSR count). The van der Waals surface area contributed by atoms with Crippen molar-refractivity contribution in [3.05, 3.63) is 23.8 Å². The lowest BCUT2D eigenvalue weighted by atomic mass is 9.91. The summed E-state index contributed by atoms with van der Waals surface area (Å²) >= 11 is 1.83. The molecule has 0 bridgehead atoms. The molecule has 0 spiro atoms. The Bertz CT molecular complexity index is 1020. The van der Waals surface area contributed by atoms with Gasteiger partial charge >= 0.3 is 6.09 Å². The number of aromatic nitrogens is 1. The lowest BCUT2D eigenvalue weighted by Gasteiger charge is -2.42. The molecule has 36 heavy (non-hydrogen) atoms. The number of rotatable bonds is 7. The van der Waals surface area contributed by atoms with E-state index in [-0.39, 0.29) is 18.2 Å². The molecule has 1 saturated heterocycles. The Labute approximate surface area is 223 Å². The molecule has 3 unspecified atom stereocenters. The van der Waals surface area contributed by atoms with E-state index in [2.05, 4.69) is 54.5 Å². The lowest BCUT2D eigenvalue weighted by Crippen LogP contribution is -2.55. The van der Waals surface area contributed by atoms with Crippen LogP contribution in [0.25, 0.3) is 10.2 Å². The molecule has 5 nitrogen and oxygen atoms in total. The van der Waals surface area contributed by atoms with Gasteiger partial charge in [-0.2, -0.15) is 0 Å². The number of hydrogen-bond donors (Lipinski definition) is 1. The quantitative estimate of drug-likeness (QED) is 0.370. The Morgan fingerprint density at radius 2 is 1.75 bits per heavy atom. The fraction of sp³-hybridized carbons (Fsp3) is 0.724. The lowest BCUT2D eigenvalue weighted by molar-refractivity contribution is -0.0111. The minimum absolute atomic E-state index is 0.0533. The predicted octanol–water partition coefficient (Wildman–Crippen LogP) is 7.78. The summed E-state index contributed by atoms with van der Waals surface area (Å²) in [6, 6.07) is 6.25. The van der Waals surface area contributed by atoms with Gasteiger partial charge in [-0.3, -0.25) is 0 Å². The summed E-state index contributed by atoms with van der Waals surface area (Å²) in [5.74, 6) is 0. The smallest absolute Gasteiger partial charge is 0.410 e. The first-order valence-electron chi connectivity index (χ1n) is 13.8. The van der Waals surface area contributed by atoms with Gasteiger partial charge < -0.3 is 14.7 Å². The van der Waals surface area contributed by atoms with Crippen molar-refractivity contribution >= 4 is 40.4 Å². The van der Waals surface area contributed by atoms with E-state index in [1.165, 1.54) is 4.63 Å². The number of nitrogens with zero attached hydrogens (tertiary/aromatic N) is 2. The first-order chi connectivity index (χ1) is 16.7. The second-order valence-corrected chi connectivity index (χ2v) is 19.9. The van der Waals surface area contributed by atoms with Crippen LogP contribution in [0.5, 0.6) is 0 Å². The number of para-hydroxylation sites is 1. The van der Waals surface area contributed by atoms with Crippen LogP contribution >= 0.6 is 11.3 Å². The molecule has 2 heterocycles. The molecule has 1 fully saturated rings. The van der Waals surface area contributed by atoms with Crippen molar-refractivity contribution in [1.82, 2.24) is 9.88 Å². The van der Waals surface area contributed by atoms with Crippen LogP contribution in [0, 0.1) is 0 Å². The molecule has 0 radical (unpaired) electrons. The van der Waals surface area contributed by atoms with Crippen molar-refractivity contribution in [2.75, 3.05) is 0 Å². The van der Waals surface area contributed by atoms with E-state index in [4.69, 9.17) is 9.72 Å². The highest BCUT2D eigenvalue weighted by atomic mass is 32.1. The van der Waals surface area contributed by atoms with Crippen LogP contribution in [0.2, 0.25) is 16.6 Å². The fourth-order valence-electron chi connectivity index (χ4n) is 6.71. The molecule has 7 heteroatoms. The van der Waals surface area contributed by atoms with Gasteiger partial charge in [0.25, 0.3) is 0 Å². The number of ether oxygens (including phenoxy) is 1. The van der Waals surface area contributed by atoms with Crippen LogP contribution in [0.4, 0.5) is 4.79 Å². The number of thiazole rings is 1. The highest BCUT2D eigenvalue weighted by Gasteiger charge is 2.47. The third-order valence-corrected chi connectivity index (χ3v) is 17.0. The standard InChI is InChI=1S/C29H48N2O3SSi/c1-18(2)36(19(3)4,20(5)6)27-30-26-23(15-12-16-25(26)35-27)24(32)17-22-14-11-13-21(7)31(22)28(33)34-29(8,9)10/h12,15-16,18-22,24,32H,11,13-14,17H2,1-10H3. The molecule has 1 aliphatic rings. The Hall–Kier alpha value is -1.44. The molecule has 202 valence electrons. The number of piperidine rings is 1. The normalized spacial score (nSPS) is 20.6. The van der Waals surface area contributed by atoms with Crippen molar-refractivity contribution in [3.63, 3.8) is 0 Å². The number of fused-ring (bicyclic) bond motifs is 1. The summed E-state index contributed by atoms with van der Waals surface area (Å²) < 4.78 is 8.20. The van der Waals surface area contributed by atoms with Crippen molar-refractivity contribution in [2.24, 2.45) is 0 Å². The van der Waals surface area contributed by atoms with Gasteiger partial charge in [-0.1, -0.05) is 53.7 Å². The molecular weight excluding hydrogens is 484 g/mol. The number of aliphatic hydroxyl groups excluding tert-OH is 1. The zero-order chi connectivity index (χ0) is 27.0. The van der Waals surface area contributed by atoms with Crippen LogP contribution in [-0.4, -0.2) is 46.8 Å². The molecule has 2 aromatic rings. The van der Waals surface area contributed by atoms with Crippen molar-refractivity contribution < 1.29 is 14.6 Å². The fourth-order valence-corrected chi connectivity index (χ4v) is 16.4. The van der Waals surface area contributed by atoms with Crippen LogP contribution < -0.4 is 4.63 Å². The Balaban J connectivity index is 1.96. The predicted molar refractivity (Wildman–Crippen MR) is 155 cm³/mol. The zero-order valence-corrected chi connectivity index (χ0v) is 25.9. The van der Waals surface area contributed by atoms with Crippen molar-refractivity contribution in [3.8, 4) is 0 Å². The monoisotopic (exact) mass is 532 g/mol. The first kappa shape index (κ1) is 29.1. The second kappa shape index (κ2) is 11.1. The molecule has 1 aliphatic heterocycles. The Morgan fingerprint density at radius 3 is 2.31 bits per heavy atom. The third kappa shape index (κ3) is 5.68. The van der Waals surface area contributed by atoms with E-state index in [1.54, 1.807) is 0 Å². The molecule has 1 aromatic carbocycles. The molecule has 0 aliphatic carbocycles. The van der Waals surface area contributed by atoms with E-state index in [0.717, 1.165) is 35.0 Å². The zero-order valence-electron chi connectivity index (χ0n) is 24.1. The summed E-state index contributed by atoms with van der Waals surface area (Å²) in [5.41, 5.74) is 3.03. The van der Waals surface area contributed by atoms with Crippen LogP contribution in [-0.2, 0) is 4.74 Å². The Morgan fingerprint density at radius 1 is 1.14 bits per heavy atom. The summed E-state index contributed by atoms with van der Waals surface area (Å²) in [4.78, 5) is 20.3. The third-order valence-electron chi connectivity index (χ3n) is 8.17.